The average Bonchev–Trinajstić information content (AvgIpc) is 2.67. The number of carbonyl (C=O) groups excluding carboxylic acids is 1. The van der Waals surface area contributed by atoms with Crippen molar-refractivity contribution in [2.75, 3.05) is 6.54 Å². The van der Waals surface area contributed by atoms with Crippen LogP contribution in [0.25, 0.3) is 0 Å². The summed E-state index contributed by atoms with van der Waals surface area (Å²) in [6, 6.07) is -3.64. The SMILES string of the molecule is CCCCCCCCC/C=C/CC[N+](C(C)C(=O)[O-])(C(C)C(=O)O)C(C)C(=O)O. The monoisotopic (exact) mass is 413 g/mol. The van der Waals surface area contributed by atoms with Crippen LogP contribution in [0.15, 0.2) is 12.2 Å². The van der Waals surface area contributed by atoms with Crippen molar-refractivity contribution in [1.82, 2.24) is 0 Å². The molecule has 29 heavy (non-hydrogen) atoms. The highest BCUT2D eigenvalue weighted by Gasteiger charge is 2.50. The van der Waals surface area contributed by atoms with Crippen LogP contribution in [0.4, 0.5) is 0 Å². The van der Waals surface area contributed by atoms with Crippen molar-refractivity contribution >= 4 is 17.9 Å². The number of hydrogen-bond acceptors (Lipinski definition) is 4. The van der Waals surface area contributed by atoms with Gasteiger partial charge in [-0.1, -0.05) is 57.6 Å². The first-order chi connectivity index (χ1) is 13.6. The summed E-state index contributed by atoms with van der Waals surface area (Å²) in [7, 11) is 0. The van der Waals surface area contributed by atoms with E-state index in [1.54, 1.807) is 0 Å². The Hall–Kier alpha value is -1.89. The second-order valence-corrected chi connectivity index (χ2v) is 7.91. The second-order valence-electron chi connectivity index (χ2n) is 7.91. The van der Waals surface area contributed by atoms with Gasteiger partial charge in [-0.25, -0.2) is 9.59 Å². The molecule has 7 nitrogen and oxygen atoms in total. The fourth-order valence-corrected chi connectivity index (χ4v) is 3.95. The molecule has 168 valence electrons. The van der Waals surface area contributed by atoms with E-state index >= 15 is 0 Å². The molecule has 3 atom stereocenters. The summed E-state index contributed by atoms with van der Waals surface area (Å²) < 4.78 is -0.589. The van der Waals surface area contributed by atoms with E-state index in [1.165, 1.54) is 59.3 Å². The van der Waals surface area contributed by atoms with Crippen LogP contribution in [-0.2, 0) is 14.4 Å². The molecule has 0 saturated carbocycles. The maximum atomic E-state index is 11.7. The molecule has 3 unspecified atom stereocenters. The van der Waals surface area contributed by atoms with Crippen LogP contribution in [0.3, 0.4) is 0 Å². The van der Waals surface area contributed by atoms with Crippen LogP contribution in [0.5, 0.6) is 0 Å². The maximum absolute atomic E-state index is 11.7. The summed E-state index contributed by atoms with van der Waals surface area (Å²) in [5.41, 5.74) is 0. The van der Waals surface area contributed by atoms with Crippen LogP contribution in [0.2, 0.25) is 0 Å². The van der Waals surface area contributed by atoms with Crippen molar-refractivity contribution in [3.63, 3.8) is 0 Å². The van der Waals surface area contributed by atoms with Gasteiger partial charge in [0.05, 0.1) is 12.5 Å². The van der Waals surface area contributed by atoms with Gasteiger partial charge < -0.3 is 20.1 Å². The summed E-state index contributed by atoms with van der Waals surface area (Å²) in [4.78, 5) is 34.9. The first-order valence-electron chi connectivity index (χ1n) is 10.8. The van der Waals surface area contributed by atoms with E-state index in [-0.39, 0.29) is 6.54 Å². The zero-order valence-electron chi connectivity index (χ0n) is 18.4. The molecule has 0 saturated heterocycles. The predicted octanol–water partition coefficient (Wildman–Crippen LogP) is 2.97. The lowest BCUT2D eigenvalue weighted by Gasteiger charge is -2.49. The van der Waals surface area contributed by atoms with Crippen molar-refractivity contribution in [2.24, 2.45) is 0 Å². The number of nitrogens with zero attached hydrogens (tertiary/aromatic N) is 1. The van der Waals surface area contributed by atoms with Crippen LogP contribution in [0, 0.1) is 0 Å². The number of unbranched alkanes of at least 4 members (excludes halogenated alkanes) is 7. The minimum absolute atomic E-state index is 0.101. The van der Waals surface area contributed by atoms with Crippen molar-refractivity contribution in [3.05, 3.63) is 12.2 Å². The fourth-order valence-electron chi connectivity index (χ4n) is 3.95. The molecule has 0 heterocycles. The molecule has 2 N–H and O–H groups in total. The van der Waals surface area contributed by atoms with Gasteiger partial charge in [0.15, 0.2) is 12.1 Å². The molecule has 7 heteroatoms. The van der Waals surface area contributed by atoms with Crippen molar-refractivity contribution in [3.8, 4) is 0 Å². The molecule has 0 aliphatic heterocycles. The number of carbonyl (C=O) groups is 3. The molecule has 0 radical (unpaired) electrons. The standard InChI is InChI=1S/C22H39NO6/c1-5-6-7-8-9-10-11-12-13-14-15-16-23(17(2)20(24)25,18(3)21(26)27)19(4)22(28)29/h13-14,17-19H,5-12,15-16H2,1-4H3,(H2-,24,25,26,27,28,29)/b14-13+. The third kappa shape index (κ3) is 8.56. The van der Waals surface area contributed by atoms with E-state index in [0.29, 0.717) is 6.42 Å². The molecule has 0 aromatic carbocycles. The van der Waals surface area contributed by atoms with Gasteiger partial charge in [-0.15, -0.1) is 0 Å². The quantitative estimate of drug-likeness (QED) is 0.215. The number of carboxylic acids is 3. The van der Waals surface area contributed by atoms with Gasteiger partial charge in [-0.2, -0.15) is 0 Å². The van der Waals surface area contributed by atoms with Gasteiger partial charge in [0.2, 0.25) is 0 Å². The Morgan fingerprint density at radius 2 is 1.24 bits per heavy atom. The normalized spacial score (nSPS) is 16.8. The number of allylic oxidation sites excluding steroid dienone is 1. The highest BCUT2D eigenvalue weighted by atomic mass is 16.4. The lowest BCUT2D eigenvalue weighted by Crippen LogP contribution is -2.71. The average molecular weight is 414 g/mol. The number of carboxylic acid groups (broad SMARTS) is 3. The molecule has 0 aliphatic carbocycles. The summed E-state index contributed by atoms with van der Waals surface area (Å²) in [6.45, 7) is 6.35. The third-order valence-electron chi connectivity index (χ3n) is 6.04. The Morgan fingerprint density at radius 1 is 0.793 bits per heavy atom. The van der Waals surface area contributed by atoms with Gasteiger partial charge in [-0.3, -0.25) is 4.48 Å². The minimum atomic E-state index is -1.45. The van der Waals surface area contributed by atoms with E-state index < -0.39 is 40.5 Å². The van der Waals surface area contributed by atoms with E-state index in [4.69, 9.17) is 0 Å². The number of quaternary nitrogens is 1. The smallest absolute Gasteiger partial charge is 0.362 e. The Balaban J connectivity index is 4.95. The Labute approximate surface area is 175 Å². The predicted molar refractivity (Wildman–Crippen MR) is 110 cm³/mol. The number of rotatable bonds is 17. The number of hydrogen-bond donors (Lipinski definition) is 2. The summed E-state index contributed by atoms with van der Waals surface area (Å²) in [6.07, 6.45) is 13.8. The van der Waals surface area contributed by atoms with E-state index in [1.807, 2.05) is 12.2 Å². The minimum Gasteiger partial charge on any atom is -0.544 e. The highest BCUT2D eigenvalue weighted by Crippen LogP contribution is 2.26. The summed E-state index contributed by atoms with van der Waals surface area (Å²) >= 11 is 0. The molecule has 0 aromatic rings. The molecule has 0 rings (SSSR count). The van der Waals surface area contributed by atoms with E-state index in [9.17, 15) is 29.7 Å². The maximum Gasteiger partial charge on any atom is 0.362 e. The molecule has 0 aromatic heterocycles. The molecular formula is C22H39NO6. The molecule has 0 bridgehead atoms. The Morgan fingerprint density at radius 3 is 1.69 bits per heavy atom. The molecule has 0 spiro atoms. The molecular weight excluding hydrogens is 374 g/mol. The summed E-state index contributed by atoms with van der Waals surface area (Å²) in [5, 5.41) is 30.6. The largest absolute Gasteiger partial charge is 0.544 e. The van der Waals surface area contributed by atoms with Gasteiger partial charge in [0.1, 0.15) is 6.04 Å². The second kappa shape index (κ2) is 14.1. The first-order valence-corrected chi connectivity index (χ1v) is 10.8. The third-order valence-corrected chi connectivity index (χ3v) is 6.04. The summed E-state index contributed by atoms with van der Waals surface area (Å²) in [5.74, 6) is -3.89. The van der Waals surface area contributed by atoms with Crippen molar-refractivity contribution in [1.29, 1.82) is 0 Å². The Bertz CT molecular complexity index is 495. The van der Waals surface area contributed by atoms with Gasteiger partial charge in [0.25, 0.3) is 0 Å². The van der Waals surface area contributed by atoms with Crippen LogP contribution in [-0.4, -0.2) is 57.3 Å². The van der Waals surface area contributed by atoms with Crippen LogP contribution in [0.1, 0.15) is 85.5 Å². The lowest BCUT2D eigenvalue weighted by molar-refractivity contribution is -0.969. The Kier molecular flexibility index (Phi) is 13.2. The molecule has 0 amide bonds. The molecule has 0 fully saturated rings. The first kappa shape index (κ1) is 27.1. The topological polar surface area (TPSA) is 115 Å². The fraction of sp³-hybridized carbons (Fsp3) is 0.773. The van der Waals surface area contributed by atoms with Crippen molar-refractivity contribution < 1.29 is 34.2 Å². The zero-order valence-corrected chi connectivity index (χ0v) is 18.4. The van der Waals surface area contributed by atoms with Gasteiger partial charge in [-0.05, 0) is 33.6 Å². The van der Waals surface area contributed by atoms with Crippen molar-refractivity contribution in [2.45, 2.75) is 104 Å². The van der Waals surface area contributed by atoms with E-state index in [2.05, 4.69) is 6.92 Å². The lowest BCUT2D eigenvalue weighted by atomic mass is 10.0. The molecule has 0 aliphatic rings. The highest BCUT2D eigenvalue weighted by molar-refractivity contribution is 5.76. The zero-order chi connectivity index (χ0) is 22.4. The van der Waals surface area contributed by atoms with Gasteiger partial charge >= 0.3 is 11.9 Å². The van der Waals surface area contributed by atoms with E-state index in [0.717, 1.165) is 12.8 Å². The number of aliphatic carboxylic acids is 3. The van der Waals surface area contributed by atoms with Gasteiger partial charge in [0, 0.05) is 6.42 Å². The van der Waals surface area contributed by atoms with Crippen LogP contribution >= 0.6 is 0 Å². The van der Waals surface area contributed by atoms with Crippen LogP contribution < -0.4 is 5.11 Å².